The van der Waals surface area contributed by atoms with Crippen molar-refractivity contribution in [3.8, 4) is 56.3 Å². The number of hydrogen-bond acceptors (Lipinski definition) is 4. The quantitative estimate of drug-likeness (QED) is 0.206. The smallest absolute Gasteiger partial charge is 0.151 e. The van der Waals surface area contributed by atoms with Crippen molar-refractivity contribution in [2.75, 3.05) is 0 Å². The molecule has 0 saturated heterocycles. The Labute approximate surface area is 282 Å². The number of rotatable bonds is 5. The first kappa shape index (κ1) is 31.1. The molecule has 0 saturated carbocycles. The zero-order chi connectivity index (χ0) is 33.6. The van der Waals surface area contributed by atoms with E-state index in [1.54, 1.807) is 18.5 Å². The van der Waals surface area contributed by atoms with Crippen molar-refractivity contribution >= 4 is 11.0 Å². The van der Waals surface area contributed by atoms with E-state index in [4.69, 9.17) is 9.97 Å². The maximum atomic E-state index is 10.9. The number of benzene rings is 4. The maximum absolute atomic E-state index is 10.9. The van der Waals surface area contributed by atoms with E-state index in [2.05, 4.69) is 124 Å². The molecule has 0 aliphatic heterocycles. The van der Waals surface area contributed by atoms with Crippen LogP contribution in [0.3, 0.4) is 0 Å². The van der Waals surface area contributed by atoms with Crippen LogP contribution >= 0.6 is 0 Å². The first-order valence-corrected chi connectivity index (χ1v) is 16.4. The molecular formula is C43H40N4O. The van der Waals surface area contributed by atoms with Crippen LogP contribution in [0.1, 0.15) is 52.7 Å². The summed E-state index contributed by atoms with van der Waals surface area (Å²) in [4.78, 5) is 14.3. The summed E-state index contributed by atoms with van der Waals surface area (Å²) >= 11 is 0. The Bertz CT molecular complexity index is 2220. The van der Waals surface area contributed by atoms with Gasteiger partial charge in [-0.25, -0.2) is 4.98 Å². The van der Waals surface area contributed by atoms with Gasteiger partial charge in [-0.15, -0.1) is 0 Å². The second-order valence-corrected chi connectivity index (χ2v) is 14.5. The number of pyridine rings is 2. The van der Waals surface area contributed by atoms with E-state index >= 15 is 0 Å². The van der Waals surface area contributed by atoms with Crippen LogP contribution in [0.2, 0.25) is 0 Å². The zero-order valence-electron chi connectivity index (χ0n) is 28.4. The lowest BCUT2D eigenvalue weighted by atomic mass is 9.78. The molecule has 3 heterocycles. The number of para-hydroxylation sites is 2. The molecule has 0 radical (unpaired) electrons. The second-order valence-electron chi connectivity index (χ2n) is 14.5. The van der Waals surface area contributed by atoms with Gasteiger partial charge in [0.25, 0.3) is 0 Å². The summed E-state index contributed by atoms with van der Waals surface area (Å²) in [6, 6.07) is 37.8. The fourth-order valence-corrected chi connectivity index (χ4v) is 6.20. The predicted octanol–water partition coefficient (Wildman–Crippen LogP) is 10.8. The minimum Gasteiger partial charge on any atom is -0.507 e. The van der Waals surface area contributed by atoms with Crippen LogP contribution in [0.5, 0.6) is 5.75 Å². The van der Waals surface area contributed by atoms with Crippen molar-refractivity contribution in [3.63, 3.8) is 0 Å². The van der Waals surface area contributed by atoms with Gasteiger partial charge in [-0.2, -0.15) is 0 Å². The zero-order valence-corrected chi connectivity index (χ0v) is 28.4. The molecule has 0 aliphatic carbocycles. The van der Waals surface area contributed by atoms with Crippen LogP contribution in [-0.2, 0) is 10.8 Å². The number of imidazole rings is 1. The lowest BCUT2D eigenvalue weighted by Crippen LogP contribution is -2.16. The van der Waals surface area contributed by atoms with Crippen molar-refractivity contribution in [3.05, 3.63) is 139 Å². The van der Waals surface area contributed by atoms with E-state index in [0.717, 1.165) is 44.7 Å². The number of fused-ring (bicyclic) bond motifs is 1. The van der Waals surface area contributed by atoms with E-state index in [-0.39, 0.29) is 16.6 Å². The third-order valence-corrected chi connectivity index (χ3v) is 8.94. The van der Waals surface area contributed by atoms with Gasteiger partial charge in [0.15, 0.2) is 5.82 Å². The van der Waals surface area contributed by atoms with Crippen molar-refractivity contribution in [1.82, 2.24) is 19.5 Å². The van der Waals surface area contributed by atoms with Gasteiger partial charge in [0.05, 0.1) is 22.3 Å². The molecule has 0 unspecified atom stereocenters. The van der Waals surface area contributed by atoms with E-state index in [1.807, 2.05) is 36.5 Å². The second kappa shape index (κ2) is 11.9. The van der Waals surface area contributed by atoms with Gasteiger partial charge in [0, 0.05) is 35.4 Å². The molecule has 48 heavy (non-hydrogen) atoms. The van der Waals surface area contributed by atoms with Crippen LogP contribution in [0.4, 0.5) is 0 Å². The molecule has 5 nitrogen and oxygen atoms in total. The largest absolute Gasteiger partial charge is 0.507 e. The summed E-state index contributed by atoms with van der Waals surface area (Å²) in [6.07, 6.45) is 5.10. The number of aromatic hydroxyl groups is 1. The topological polar surface area (TPSA) is 63.8 Å². The summed E-state index contributed by atoms with van der Waals surface area (Å²) < 4.78 is 2.10. The highest BCUT2D eigenvalue weighted by atomic mass is 16.3. The highest BCUT2D eigenvalue weighted by molar-refractivity contribution is 5.97. The van der Waals surface area contributed by atoms with Crippen LogP contribution in [0, 0.1) is 0 Å². The van der Waals surface area contributed by atoms with E-state index in [0.29, 0.717) is 11.4 Å². The number of nitrogens with zero attached hydrogens (tertiary/aromatic N) is 4. The van der Waals surface area contributed by atoms with Crippen molar-refractivity contribution in [1.29, 1.82) is 0 Å². The molecule has 0 atom stereocenters. The molecule has 7 aromatic rings. The first-order chi connectivity index (χ1) is 23.0. The third-order valence-electron chi connectivity index (χ3n) is 8.94. The fourth-order valence-electron chi connectivity index (χ4n) is 6.20. The summed E-state index contributed by atoms with van der Waals surface area (Å²) in [5, 5.41) is 10.9. The molecule has 0 spiro atoms. The first-order valence-electron chi connectivity index (χ1n) is 16.4. The van der Waals surface area contributed by atoms with E-state index < -0.39 is 0 Å². The molecule has 5 heteroatoms. The molecule has 4 aromatic carbocycles. The average molecular weight is 629 g/mol. The summed E-state index contributed by atoms with van der Waals surface area (Å²) in [5.41, 5.74) is 12.1. The molecular weight excluding hydrogens is 589 g/mol. The number of hydrogen-bond donors (Lipinski definition) is 1. The SMILES string of the molecule is CC(C)(C)c1cc(-c2cc(-c3ccccn3)cc(-c3cccc4c3nc(-c3cnccc3O)n4-c3ccccc3)c2)cc(C(C)(C)C)c1. The minimum absolute atomic E-state index is 0.0123. The van der Waals surface area contributed by atoms with Crippen LogP contribution in [-0.4, -0.2) is 24.6 Å². The van der Waals surface area contributed by atoms with Gasteiger partial charge in [-0.1, -0.05) is 96.1 Å². The lowest BCUT2D eigenvalue weighted by molar-refractivity contribution is 0.476. The normalized spacial score (nSPS) is 12.0. The molecule has 0 amide bonds. The van der Waals surface area contributed by atoms with Gasteiger partial charge in [-0.3, -0.25) is 14.5 Å². The Morgan fingerprint density at radius 2 is 1.25 bits per heavy atom. The van der Waals surface area contributed by atoms with E-state index in [9.17, 15) is 5.11 Å². The molecule has 3 aromatic heterocycles. The van der Waals surface area contributed by atoms with Crippen molar-refractivity contribution in [2.45, 2.75) is 52.4 Å². The highest BCUT2D eigenvalue weighted by Gasteiger charge is 2.23. The number of aromatic nitrogens is 4. The fraction of sp³-hybridized carbons (Fsp3) is 0.186. The Morgan fingerprint density at radius 3 is 1.92 bits per heavy atom. The van der Waals surface area contributed by atoms with Crippen LogP contribution < -0.4 is 0 Å². The maximum Gasteiger partial charge on any atom is 0.151 e. The van der Waals surface area contributed by atoms with Gasteiger partial charge >= 0.3 is 0 Å². The minimum atomic E-state index is -0.0123. The Kier molecular flexibility index (Phi) is 7.71. The van der Waals surface area contributed by atoms with Gasteiger partial charge in [0.1, 0.15) is 5.75 Å². The van der Waals surface area contributed by atoms with Crippen molar-refractivity contribution in [2.24, 2.45) is 0 Å². The summed E-state index contributed by atoms with van der Waals surface area (Å²) in [7, 11) is 0. The third kappa shape index (κ3) is 5.88. The molecule has 238 valence electrons. The van der Waals surface area contributed by atoms with Crippen molar-refractivity contribution < 1.29 is 5.11 Å². The molecule has 0 aliphatic rings. The summed E-state index contributed by atoms with van der Waals surface area (Å²) in [6.45, 7) is 13.6. The predicted molar refractivity (Wildman–Crippen MR) is 197 cm³/mol. The van der Waals surface area contributed by atoms with Crippen LogP contribution in [0.25, 0.3) is 61.6 Å². The Balaban J connectivity index is 1.52. The molecule has 0 fully saturated rings. The van der Waals surface area contributed by atoms with E-state index in [1.165, 1.54) is 16.7 Å². The monoisotopic (exact) mass is 628 g/mol. The molecule has 1 N–H and O–H groups in total. The molecule has 0 bridgehead atoms. The Hall–Kier alpha value is -5.55. The molecule has 7 rings (SSSR count). The van der Waals surface area contributed by atoms with Crippen LogP contribution in [0.15, 0.2) is 128 Å². The van der Waals surface area contributed by atoms with Gasteiger partial charge in [-0.05, 0) is 93.2 Å². The van der Waals surface area contributed by atoms with Gasteiger partial charge < -0.3 is 5.11 Å². The van der Waals surface area contributed by atoms with Gasteiger partial charge in [0.2, 0.25) is 0 Å². The summed E-state index contributed by atoms with van der Waals surface area (Å²) in [5.74, 6) is 0.759. The lowest BCUT2D eigenvalue weighted by Gasteiger charge is -2.26. The Morgan fingerprint density at radius 1 is 0.583 bits per heavy atom. The average Bonchev–Trinajstić information content (AvgIpc) is 3.48. The standard InChI is InChI=1S/C43H40N4O/c1-42(2,3)32-24-29(25-33(26-32)43(4,5)6)28-21-30(23-31(22-28)37-16-10-11-19-45-37)35-15-12-17-38-40(35)46-41(36-27-44-20-18-39(36)48)47(38)34-13-8-7-9-14-34/h7-27H,1-6H3,(H,44,48). The highest BCUT2D eigenvalue weighted by Crippen LogP contribution is 2.40.